The van der Waals surface area contributed by atoms with Crippen LogP contribution < -0.4 is 10.5 Å². The quantitative estimate of drug-likeness (QED) is 0.795. The summed E-state index contributed by atoms with van der Waals surface area (Å²) in [7, 11) is 0. The Morgan fingerprint density at radius 1 is 1.06 bits per heavy atom. The molecule has 0 bridgehead atoms. The van der Waals surface area contributed by atoms with Gasteiger partial charge in [0.05, 0.1) is 5.69 Å². The zero-order valence-electron chi connectivity index (χ0n) is 8.91. The summed E-state index contributed by atoms with van der Waals surface area (Å²) in [6, 6.07) is 12.9. The number of ether oxygens (including phenoxy) is 1. The highest BCUT2D eigenvalue weighted by Gasteiger charge is 2.03. The predicted octanol–water partition coefficient (Wildman–Crippen LogP) is 4.02. The Morgan fingerprint density at radius 2 is 1.75 bits per heavy atom. The summed E-state index contributed by atoms with van der Waals surface area (Å²) >= 11 is 5.79. The number of hydrogen-bond donors (Lipinski definition) is 1. The average molecular weight is 234 g/mol. The normalized spacial score (nSPS) is 10.1. The zero-order chi connectivity index (χ0) is 11.5. The van der Waals surface area contributed by atoms with Crippen LogP contribution in [0.2, 0.25) is 5.02 Å². The van der Waals surface area contributed by atoms with Gasteiger partial charge in [-0.2, -0.15) is 0 Å². The second-order valence-electron chi connectivity index (χ2n) is 3.54. The van der Waals surface area contributed by atoms with Crippen molar-refractivity contribution in [3.05, 3.63) is 53.1 Å². The topological polar surface area (TPSA) is 35.2 Å². The largest absolute Gasteiger partial charge is 0.455 e. The highest BCUT2D eigenvalue weighted by molar-refractivity contribution is 6.30. The van der Waals surface area contributed by atoms with E-state index in [2.05, 4.69) is 0 Å². The lowest BCUT2D eigenvalue weighted by Gasteiger charge is -2.09. The number of para-hydroxylation sites is 1. The number of nitrogens with two attached hydrogens (primary N) is 1. The minimum Gasteiger partial charge on any atom is -0.455 e. The Balaban J connectivity index is 2.27. The number of rotatable bonds is 2. The fourth-order valence-corrected chi connectivity index (χ4v) is 1.50. The van der Waals surface area contributed by atoms with Crippen LogP contribution >= 0.6 is 11.6 Å². The summed E-state index contributed by atoms with van der Waals surface area (Å²) < 4.78 is 5.66. The summed E-state index contributed by atoms with van der Waals surface area (Å²) in [5, 5.41) is 0.685. The molecule has 0 heterocycles. The van der Waals surface area contributed by atoms with Gasteiger partial charge in [-0.1, -0.05) is 23.7 Å². The molecule has 0 spiro atoms. The molecular formula is C13H12ClNO. The molecule has 0 amide bonds. The van der Waals surface area contributed by atoms with Crippen molar-refractivity contribution in [1.82, 2.24) is 0 Å². The molecule has 2 aromatic carbocycles. The fourth-order valence-electron chi connectivity index (χ4n) is 1.37. The summed E-state index contributed by atoms with van der Waals surface area (Å²) in [6.07, 6.45) is 0. The molecule has 82 valence electrons. The first-order valence-electron chi connectivity index (χ1n) is 4.95. The molecule has 0 aromatic heterocycles. The van der Waals surface area contributed by atoms with Crippen LogP contribution in [0.3, 0.4) is 0 Å². The van der Waals surface area contributed by atoms with Crippen LogP contribution in [-0.4, -0.2) is 0 Å². The fraction of sp³-hybridized carbons (Fsp3) is 0.0769. The van der Waals surface area contributed by atoms with Gasteiger partial charge in [-0.15, -0.1) is 0 Å². The number of halogens is 1. The van der Waals surface area contributed by atoms with Gasteiger partial charge in [-0.3, -0.25) is 0 Å². The monoisotopic (exact) mass is 233 g/mol. The number of aryl methyl sites for hydroxylation is 1. The van der Waals surface area contributed by atoms with E-state index in [4.69, 9.17) is 22.1 Å². The van der Waals surface area contributed by atoms with Crippen LogP contribution in [-0.2, 0) is 0 Å². The molecule has 2 aromatic rings. The molecule has 16 heavy (non-hydrogen) atoms. The standard InChI is InChI=1S/C13H12ClNO/c1-9-3-2-4-12(13(9)15)16-11-7-5-10(14)6-8-11/h2-8H,15H2,1H3. The Morgan fingerprint density at radius 3 is 2.44 bits per heavy atom. The lowest BCUT2D eigenvalue weighted by atomic mass is 10.2. The third kappa shape index (κ3) is 2.28. The van der Waals surface area contributed by atoms with Crippen LogP contribution in [0.5, 0.6) is 11.5 Å². The van der Waals surface area contributed by atoms with Gasteiger partial charge in [-0.05, 0) is 42.8 Å². The second-order valence-corrected chi connectivity index (χ2v) is 3.98. The van der Waals surface area contributed by atoms with E-state index in [1.807, 2.05) is 37.3 Å². The smallest absolute Gasteiger partial charge is 0.150 e. The SMILES string of the molecule is Cc1cccc(Oc2ccc(Cl)cc2)c1N. The minimum atomic E-state index is 0.664. The Kier molecular flexibility index (Phi) is 3.02. The lowest BCUT2D eigenvalue weighted by molar-refractivity contribution is 0.485. The van der Waals surface area contributed by atoms with E-state index in [1.165, 1.54) is 0 Å². The molecule has 0 saturated carbocycles. The van der Waals surface area contributed by atoms with Gasteiger partial charge in [-0.25, -0.2) is 0 Å². The highest BCUT2D eigenvalue weighted by Crippen LogP contribution is 2.29. The van der Waals surface area contributed by atoms with Crippen molar-refractivity contribution in [1.29, 1.82) is 0 Å². The van der Waals surface area contributed by atoms with Crippen molar-refractivity contribution in [3.63, 3.8) is 0 Å². The van der Waals surface area contributed by atoms with Crippen LogP contribution in [0, 0.1) is 6.92 Å². The zero-order valence-corrected chi connectivity index (χ0v) is 9.66. The first-order valence-corrected chi connectivity index (χ1v) is 5.33. The van der Waals surface area contributed by atoms with Crippen molar-refractivity contribution in [2.45, 2.75) is 6.92 Å². The maximum Gasteiger partial charge on any atom is 0.150 e. The molecular weight excluding hydrogens is 222 g/mol. The van der Waals surface area contributed by atoms with Crippen molar-refractivity contribution in [3.8, 4) is 11.5 Å². The molecule has 0 aliphatic rings. The number of nitrogen functional groups attached to an aromatic ring is 1. The van der Waals surface area contributed by atoms with E-state index >= 15 is 0 Å². The number of hydrogen-bond acceptors (Lipinski definition) is 2. The number of anilines is 1. The molecule has 0 aliphatic heterocycles. The Labute approximate surface area is 99.6 Å². The maximum atomic E-state index is 5.91. The van der Waals surface area contributed by atoms with Crippen molar-refractivity contribution in [2.75, 3.05) is 5.73 Å². The van der Waals surface area contributed by atoms with Gasteiger partial charge in [0.1, 0.15) is 5.75 Å². The molecule has 0 atom stereocenters. The number of benzene rings is 2. The summed E-state index contributed by atoms with van der Waals surface area (Å²) in [5.41, 5.74) is 7.58. The van der Waals surface area contributed by atoms with Crippen molar-refractivity contribution < 1.29 is 4.74 Å². The van der Waals surface area contributed by atoms with E-state index in [0.717, 1.165) is 11.3 Å². The van der Waals surface area contributed by atoms with Gasteiger partial charge in [0.25, 0.3) is 0 Å². The summed E-state index contributed by atoms with van der Waals surface area (Å²) in [4.78, 5) is 0. The van der Waals surface area contributed by atoms with Gasteiger partial charge < -0.3 is 10.5 Å². The highest BCUT2D eigenvalue weighted by atomic mass is 35.5. The predicted molar refractivity (Wildman–Crippen MR) is 67.1 cm³/mol. The molecule has 0 unspecified atom stereocenters. The second kappa shape index (κ2) is 4.45. The first-order chi connectivity index (χ1) is 7.66. The van der Waals surface area contributed by atoms with E-state index in [1.54, 1.807) is 12.1 Å². The van der Waals surface area contributed by atoms with Crippen LogP contribution in [0.25, 0.3) is 0 Å². The summed E-state index contributed by atoms with van der Waals surface area (Å²) in [6.45, 7) is 1.95. The maximum absolute atomic E-state index is 5.91. The molecule has 0 aliphatic carbocycles. The summed E-state index contributed by atoms with van der Waals surface area (Å²) in [5.74, 6) is 1.39. The van der Waals surface area contributed by atoms with Crippen LogP contribution in [0.1, 0.15) is 5.56 Å². The van der Waals surface area contributed by atoms with Crippen molar-refractivity contribution in [2.24, 2.45) is 0 Å². The molecule has 2 nitrogen and oxygen atoms in total. The van der Waals surface area contributed by atoms with Crippen molar-refractivity contribution >= 4 is 17.3 Å². The van der Waals surface area contributed by atoms with E-state index in [0.29, 0.717) is 16.5 Å². The third-order valence-electron chi connectivity index (χ3n) is 2.33. The molecule has 0 fully saturated rings. The van der Waals surface area contributed by atoms with Gasteiger partial charge >= 0.3 is 0 Å². The molecule has 0 saturated heterocycles. The Hall–Kier alpha value is -1.67. The Bertz CT molecular complexity index is 494. The average Bonchev–Trinajstić information content (AvgIpc) is 2.28. The van der Waals surface area contributed by atoms with E-state index in [-0.39, 0.29) is 0 Å². The lowest BCUT2D eigenvalue weighted by Crippen LogP contribution is -1.94. The van der Waals surface area contributed by atoms with Gasteiger partial charge in [0, 0.05) is 5.02 Å². The molecule has 2 N–H and O–H groups in total. The third-order valence-corrected chi connectivity index (χ3v) is 2.58. The molecule has 3 heteroatoms. The minimum absolute atomic E-state index is 0.664. The van der Waals surface area contributed by atoms with E-state index in [9.17, 15) is 0 Å². The van der Waals surface area contributed by atoms with Gasteiger partial charge in [0.2, 0.25) is 0 Å². The van der Waals surface area contributed by atoms with Crippen LogP contribution in [0.4, 0.5) is 5.69 Å². The van der Waals surface area contributed by atoms with Gasteiger partial charge in [0.15, 0.2) is 5.75 Å². The molecule has 0 radical (unpaired) electrons. The van der Waals surface area contributed by atoms with E-state index < -0.39 is 0 Å². The molecule has 2 rings (SSSR count). The van der Waals surface area contributed by atoms with Crippen LogP contribution in [0.15, 0.2) is 42.5 Å². The first kappa shape index (κ1) is 10.8.